The van der Waals surface area contributed by atoms with Gasteiger partial charge in [-0.3, -0.25) is 0 Å². The van der Waals surface area contributed by atoms with Crippen LogP contribution in [-0.4, -0.2) is 0 Å². The molecule has 0 aromatic heterocycles. The van der Waals surface area contributed by atoms with Gasteiger partial charge in [-0.25, -0.2) is 0 Å². The smallest absolute Gasteiger partial charge is 0.0298 e. The van der Waals surface area contributed by atoms with Crippen LogP contribution in [0.2, 0.25) is 0 Å². The largest absolute Gasteiger partial charge is 0.0651 e. The van der Waals surface area contributed by atoms with Crippen molar-refractivity contribution in [3.8, 4) is 0 Å². The SMILES string of the molecule is CC1CCC(C(C)(C)C2CCC(C)CC2)CC1.CCC1CCC(C(C)(C)C2CCC(CC)CC2)CC1. The molecule has 0 heteroatoms. The predicted molar refractivity (Wildman–Crippen MR) is 161 cm³/mol. The van der Waals surface area contributed by atoms with E-state index in [1.807, 2.05) is 0 Å². The minimum atomic E-state index is 0.609. The molecule has 4 aliphatic rings. The molecule has 0 atom stereocenters. The Morgan fingerprint density at radius 2 is 0.611 bits per heavy atom. The van der Waals surface area contributed by atoms with Gasteiger partial charge in [0.2, 0.25) is 0 Å². The average Bonchev–Trinajstić information content (AvgIpc) is 2.89. The van der Waals surface area contributed by atoms with Crippen LogP contribution < -0.4 is 0 Å². The Labute approximate surface area is 228 Å². The maximum absolute atomic E-state index is 2.60. The molecule has 0 aromatic carbocycles. The number of hydrogen-bond donors (Lipinski definition) is 0. The first-order valence-electron chi connectivity index (χ1n) is 17.1. The Balaban J connectivity index is 0.000000202. The minimum absolute atomic E-state index is 0.609. The fourth-order valence-corrected chi connectivity index (χ4v) is 9.30. The van der Waals surface area contributed by atoms with Crippen LogP contribution in [0.1, 0.15) is 171 Å². The Hall–Kier alpha value is 0. The topological polar surface area (TPSA) is 0 Å². The summed E-state index contributed by atoms with van der Waals surface area (Å²) in [5.74, 6) is 8.12. The average molecular weight is 501 g/mol. The van der Waals surface area contributed by atoms with E-state index in [1.54, 1.807) is 0 Å². The van der Waals surface area contributed by atoms with E-state index in [9.17, 15) is 0 Å². The lowest BCUT2D eigenvalue weighted by atomic mass is 9.59. The Kier molecular flexibility index (Phi) is 11.8. The van der Waals surface area contributed by atoms with E-state index in [0.29, 0.717) is 10.8 Å². The van der Waals surface area contributed by atoms with Gasteiger partial charge in [-0.05, 0) is 110 Å². The fourth-order valence-electron chi connectivity index (χ4n) is 9.30. The summed E-state index contributed by atoms with van der Waals surface area (Å²) in [6.07, 6.45) is 26.8. The van der Waals surface area contributed by atoms with Gasteiger partial charge in [-0.15, -0.1) is 0 Å². The molecule has 0 spiro atoms. The van der Waals surface area contributed by atoms with Crippen LogP contribution in [0.3, 0.4) is 0 Å². The zero-order valence-corrected chi connectivity index (χ0v) is 26.3. The van der Waals surface area contributed by atoms with E-state index < -0.39 is 0 Å². The van der Waals surface area contributed by atoms with Crippen molar-refractivity contribution in [1.29, 1.82) is 0 Å². The van der Waals surface area contributed by atoms with Gasteiger partial charge in [0.05, 0.1) is 0 Å². The van der Waals surface area contributed by atoms with Crippen molar-refractivity contribution in [2.24, 2.45) is 58.2 Å². The molecule has 4 aliphatic carbocycles. The molecule has 4 fully saturated rings. The maximum Gasteiger partial charge on any atom is -0.0298 e. The lowest BCUT2D eigenvalue weighted by Crippen LogP contribution is -2.37. The van der Waals surface area contributed by atoms with Crippen molar-refractivity contribution in [2.45, 2.75) is 171 Å². The van der Waals surface area contributed by atoms with Gasteiger partial charge in [0, 0.05) is 0 Å². The molecule has 0 unspecified atom stereocenters. The molecular weight excluding hydrogens is 432 g/mol. The van der Waals surface area contributed by atoms with Crippen LogP contribution in [0, 0.1) is 58.2 Å². The molecule has 4 saturated carbocycles. The van der Waals surface area contributed by atoms with Gasteiger partial charge in [0.25, 0.3) is 0 Å². The second kappa shape index (κ2) is 13.9. The van der Waals surface area contributed by atoms with Crippen LogP contribution in [0.15, 0.2) is 0 Å². The second-order valence-corrected chi connectivity index (χ2v) is 15.8. The molecule has 0 bridgehead atoms. The molecule has 4 rings (SSSR count). The third kappa shape index (κ3) is 8.01. The maximum atomic E-state index is 2.60. The van der Waals surface area contributed by atoms with Crippen molar-refractivity contribution in [3.63, 3.8) is 0 Å². The van der Waals surface area contributed by atoms with E-state index in [0.717, 1.165) is 47.3 Å². The molecule has 0 N–H and O–H groups in total. The molecule has 0 aliphatic heterocycles. The monoisotopic (exact) mass is 501 g/mol. The van der Waals surface area contributed by atoms with Gasteiger partial charge in [0.15, 0.2) is 0 Å². The molecule has 0 saturated heterocycles. The van der Waals surface area contributed by atoms with E-state index >= 15 is 0 Å². The van der Waals surface area contributed by atoms with Crippen LogP contribution >= 0.6 is 0 Å². The molecule has 0 aromatic rings. The van der Waals surface area contributed by atoms with Crippen molar-refractivity contribution >= 4 is 0 Å². The van der Waals surface area contributed by atoms with Crippen molar-refractivity contribution in [2.75, 3.05) is 0 Å². The van der Waals surface area contributed by atoms with Gasteiger partial charge in [-0.2, -0.15) is 0 Å². The van der Waals surface area contributed by atoms with Gasteiger partial charge >= 0.3 is 0 Å². The minimum Gasteiger partial charge on any atom is -0.0651 e. The third-order valence-electron chi connectivity index (χ3n) is 13.1. The van der Waals surface area contributed by atoms with Crippen molar-refractivity contribution < 1.29 is 0 Å². The molecule has 0 nitrogen and oxygen atoms in total. The summed E-state index contributed by atoms with van der Waals surface area (Å²) in [6, 6.07) is 0. The van der Waals surface area contributed by atoms with Crippen molar-refractivity contribution in [1.82, 2.24) is 0 Å². The van der Waals surface area contributed by atoms with Gasteiger partial charge in [0.1, 0.15) is 0 Å². The van der Waals surface area contributed by atoms with Crippen LogP contribution in [0.25, 0.3) is 0 Å². The summed E-state index contributed by atoms with van der Waals surface area (Å²) >= 11 is 0. The first-order chi connectivity index (χ1) is 17.1. The van der Waals surface area contributed by atoms with Crippen LogP contribution in [0.5, 0.6) is 0 Å². The molecule has 36 heavy (non-hydrogen) atoms. The first-order valence-corrected chi connectivity index (χ1v) is 17.1. The molecule has 0 radical (unpaired) electrons. The lowest BCUT2D eigenvalue weighted by Gasteiger charge is -2.46. The normalized spacial score (nSPS) is 38.7. The van der Waals surface area contributed by atoms with E-state index in [4.69, 9.17) is 0 Å². The Morgan fingerprint density at radius 1 is 0.389 bits per heavy atom. The van der Waals surface area contributed by atoms with Gasteiger partial charge < -0.3 is 0 Å². The first kappa shape index (κ1) is 30.5. The zero-order chi connectivity index (χ0) is 26.3. The summed E-state index contributed by atoms with van der Waals surface area (Å²) in [5, 5.41) is 0. The molecule has 212 valence electrons. The highest BCUT2D eigenvalue weighted by Crippen LogP contribution is 2.51. The van der Waals surface area contributed by atoms with E-state index in [2.05, 4.69) is 55.4 Å². The highest BCUT2D eigenvalue weighted by Gasteiger charge is 2.41. The quantitative estimate of drug-likeness (QED) is 0.340. The van der Waals surface area contributed by atoms with Crippen LogP contribution in [-0.2, 0) is 0 Å². The molecule has 0 heterocycles. The molecular formula is C36H68. The van der Waals surface area contributed by atoms with E-state index in [-0.39, 0.29) is 0 Å². The zero-order valence-electron chi connectivity index (χ0n) is 26.3. The highest BCUT2D eigenvalue weighted by atomic mass is 14.5. The van der Waals surface area contributed by atoms with Crippen molar-refractivity contribution in [3.05, 3.63) is 0 Å². The second-order valence-electron chi connectivity index (χ2n) is 15.8. The molecule has 0 amide bonds. The summed E-state index contributed by atoms with van der Waals surface area (Å²) in [6.45, 7) is 20.0. The lowest BCUT2D eigenvalue weighted by molar-refractivity contribution is 0.0381. The number of rotatable bonds is 6. The van der Waals surface area contributed by atoms with Crippen LogP contribution in [0.4, 0.5) is 0 Å². The summed E-state index contributed by atoms with van der Waals surface area (Å²) < 4.78 is 0. The highest BCUT2D eigenvalue weighted by molar-refractivity contribution is 4.91. The van der Waals surface area contributed by atoms with Gasteiger partial charge in [-0.1, -0.05) is 120 Å². The third-order valence-corrected chi connectivity index (χ3v) is 13.1. The fraction of sp³-hybridized carbons (Fsp3) is 1.00. The van der Waals surface area contributed by atoms with E-state index in [1.165, 1.54) is 116 Å². The predicted octanol–water partition coefficient (Wildman–Crippen LogP) is 12.1. The standard InChI is InChI=1S/C19H36.C17H32/c1-5-15-7-11-17(12-8-15)19(3,4)18-13-9-16(6-2)10-14-18;1-13-5-9-15(10-6-13)17(3,4)16-11-7-14(2)8-12-16/h15-18H,5-14H2,1-4H3;13-16H,5-12H2,1-4H3. The Morgan fingerprint density at radius 3 is 0.833 bits per heavy atom. The summed E-state index contributed by atoms with van der Waals surface area (Å²) in [5.41, 5.74) is 1.22. The summed E-state index contributed by atoms with van der Waals surface area (Å²) in [7, 11) is 0. The number of hydrogen-bond acceptors (Lipinski definition) is 0. The summed E-state index contributed by atoms with van der Waals surface area (Å²) in [4.78, 5) is 0. The Bertz CT molecular complexity index is 532.